The van der Waals surface area contributed by atoms with Crippen molar-refractivity contribution in [3.63, 3.8) is 0 Å². The number of carbonyl (C=O) groups is 1. The molecule has 0 fully saturated rings. The number of primary amides is 1. The molecule has 1 unspecified atom stereocenters. The quantitative estimate of drug-likeness (QED) is 0.642. The molecule has 0 aliphatic carbocycles. The molecule has 0 aromatic heterocycles. The monoisotopic (exact) mass is 256 g/mol. The van der Waals surface area contributed by atoms with Crippen molar-refractivity contribution in [3.05, 3.63) is 35.1 Å². The summed E-state index contributed by atoms with van der Waals surface area (Å²) in [5.41, 5.74) is 5.69. The molecular formula is C12H17FN2O3. The number of ether oxygens (including phenoxy) is 1. The van der Waals surface area contributed by atoms with Crippen molar-refractivity contribution in [2.75, 3.05) is 20.3 Å². The number of carbonyl (C=O) groups excluding carboxylic acids is 1. The number of benzene rings is 1. The minimum Gasteiger partial charge on any atom is -0.395 e. The maximum atomic E-state index is 13.5. The normalized spacial score (nSPS) is 12.4. The van der Waals surface area contributed by atoms with Gasteiger partial charge in [-0.1, -0.05) is 0 Å². The van der Waals surface area contributed by atoms with E-state index in [0.717, 1.165) is 0 Å². The Balaban J connectivity index is 2.71. The first-order valence-electron chi connectivity index (χ1n) is 5.50. The second-order valence-corrected chi connectivity index (χ2v) is 3.89. The number of rotatable bonds is 7. The number of aliphatic hydroxyl groups is 1. The highest BCUT2D eigenvalue weighted by atomic mass is 19.1. The lowest BCUT2D eigenvalue weighted by Crippen LogP contribution is -2.36. The number of amides is 1. The van der Waals surface area contributed by atoms with Gasteiger partial charge in [0.2, 0.25) is 5.91 Å². The van der Waals surface area contributed by atoms with Crippen LogP contribution in [0.5, 0.6) is 0 Å². The molecule has 1 aromatic carbocycles. The lowest BCUT2D eigenvalue weighted by atomic mass is 10.1. The molecule has 100 valence electrons. The molecule has 0 heterocycles. The first-order valence-corrected chi connectivity index (χ1v) is 5.50. The molecule has 1 atom stereocenters. The third kappa shape index (κ3) is 4.06. The summed E-state index contributed by atoms with van der Waals surface area (Å²) in [5.74, 6) is -1.03. The molecule has 0 spiro atoms. The highest BCUT2D eigenvalue weighted by molar-refractivity contribution is 5.92. The number of hydrogen-bond acceptors (Lipinski definition) is 4. The van der Waals surface area contributed by atoms with Gasteiger partial charge in [0.05, 0.1) is 19.3 Å². The van der Waals surface area contributed by atoms with Gasteiger partial charge >= 0.3 is 0 Å². The number of halogens is 1. The Kier molecular flexibility index (Phi) is 5.70. The fourth-order valence-corrected chi connectivity index (χ4v) is 1.50. The van der Waals surface area contributed by atoms with Crippen molar-refractivity contribution in [1.82, 2.24) is 5.32 Å². The predicted octanol–water partition coefficient (Wildman–Crippen LogP) is 0.0215. The van der Waals surface area contributed by atoms with E-state index in [-0.39, 0.29) is 24.8 Å². The molecule has 1 aromatic rings. The van der Waals surface area contributed by atoms with E-state index in [1.54, 1.807) is 0 Å². The van der Waals surface area contributed by atoms with Crippen LogP contribution in [0.25, 0.3) is 0 Å². The molecule has 0 aliphatic rings. The fourth-order valence-electron chi connectivity index (χ4n) is 1.50. The topological polar surface area (TPSA) is 84.6 Å². The highest BCUT2D eigenvalue weighted by Crippen LogP contribution is 2.10. The molecule has 4 N–H and O–H groups in total. The van der Waals surface area contributed by atoms with Gasteiger partial charge in [0, 0.05) is 24.8 Å². The third-order valence-electron chi connectivity index (χ3n) is 2.50. The van der Waals surface area contributed by atoms with Gasteiger partial charge in [0.25, 0.3) is 0 Å². The van der Waals surface area contributed by atoms with Crippen LogP contribution < -0.4 is 11.1 Å². The average molecular weight is 256 g/mol. The van der Waals surface area contributed by atoms with Crippen LogP contribution in [0.2, 0.25) is 0 Å². The van der Waals surface area contributed by atoms with Crippen molar-refractivity contribution >= 4 is 5.91 Å². The molecular weight excluding hydrogens is 239 g/mol. The van der Waals surface area contributed by atoms with Gasteiger partial charge in [0.15, 0.2) is 0 Å². The van der Waals surface area contributed by atoms with Crippen molar-refractivity contribution < 1.29 is 19.0 Å². The van der Waals surface area contributed by atoms with Crippen LogP contribution in [0.4, 0.5) is 4.39 Å². The molecule has 0 saturated heterocycles. The van der Waals surface area contributed by atoms with Crippen molar-refractivity contribution in [1.29, 1.82) is 0 Å². The Morgan fingerprint density at radius 3 is 2.89 bits per heavy atom. The molecule has 6 heteroatoms. The van der Waals surface area contributed by atoms with E-state index in [1.165, 1.54) is 25.3 Å². The van der Waals surface area contributed by atoms with Crippen LogP contribution in [-0.4, -0.2) is 37.4 Å². The zero-order valence-electron chi connectivity index (χ0n) is 10.1. The van der Waals surface area contributed by atoms with E-state index in [4.69, 9.17) is 15.6 Å². The number of nitrogens with one attached hydrogen (secondary N) is 1. The summed E-state index contributed by atoms with van der Waals surface area (Å²) >= 11 is 0. The minimum absolute atomic E-state index is 0.120. The van der Waals surface area contributed by atoms with Crippen LogP contribution >= 0.6 is 0 Å². The molecule has 5 nitrogen and oxygen atoms in total. The SMILES string of the molecule is COCC(CO)NCc1cc(C(N)=O)ccc1F. The Bertz CT molecular complexity index is 412. The Hall–Kier alpha value is -1.50. The van der Waals surface area contributed by atoms with Crippen LogP contribution in [0.3, 0.4) is 0 Å². The first kappa shape index (κ1) is 14.6. The molecule has 18 heavy (non-hydrogen) atoms. The lowest BCUT2D eigenvalue weighted by molar-refractivity contribution is 0.1000. The van der Waals surface area contributed by atoms with Gasteiger partial charge in [-0.25, -0.2) is 4.39 Å². The molecule has 1 rings (SSSR count). The van der Waals surface area contributed by atoms with Crippen LogP contribution in [0.15, 0.2) is 18.2 Å². The van der Waals surface area contributed by atoms with Crippen molar-refractivity contribution in [3.8, 4) is 0 Å². The Labute approximate surface area is 105 Å². The van der Waals surface area contributed by atoms with E-state index < -0.39 is 11.7 Å². The lowest BCUT2D eigenvalue weighted by Gasteiger charge is -2.15. The van der Waals surface area contributed by atoms with Gasteiger partial charge in [-0.3, -0.25) is 4.79 Å². The van der Waals surface area contributed by atoms with Gasteiger partial charge in [-0.2, -0.15) is 0 Å². The average Bonchev–Trinajstić information content (AvgIpc) is 2.35. The molecule has 0 saturated carbocycles. The Morgan fingerprint density at radius 2 is 2.33 bits per heavy atom. The van der Waals surface area contributed by atoms with E-state index in [9.17, 15) is 9.18 Å². The zero-order valence-corrected chi connectivity index (χ0v) is 10.1. The number of methoxy groups -OCH3 is 1. The van der Waals surface area contributed by atoms with E-state index in [0.29, 0.717) is 12.2 Å². The maximum Gasteiger partial charge on any atom is 0.248 e. The highest BCUT2D eigenvalue weighted by Gasteiger charge is 2.10. The Morgan fingerprint density at radius 1 is 1.61 bits per heavy atom. The van der Waals surface area contributed by atoms with Crippen LogP contribution in [0, 0.1) is 5.82 Å². The summed E-state index contributed by atoms with van der Waals surface area (Å²) in [4.78, 5) is 11.0. The van der Waals surface area contributed by atoms with Gasteiger partial charge in [-0.05, 0) is 18.2 Å². The van der Waals surface area contributed by atoms with Gasteiger partial charge in [-0.15, -0.1) is 0 Å². The summed E-state index contributed by atoms with van der Waals surface area (Å²) in [6, 6.07) is 3.64. The standard InChI is InChI=1S/C12H17FN2O3/c1-18-7-10(6-16)15-5-9-4-8(12(14)17)2-3-11(9)13/h2-4,10,15-16H,5-7H2,1H3,(H2,14,17). The van der Waals surface area contributed by atoms with Crippen molar-refractivity contribution in [2.45, 2.75) is 12.6 Å². The largest absolute Gasteiger partial charge is 0.395 e. The number of hydrogen-bond donors (Lipinski definition) is 3. The molecule has 1 amide bonds. The van der Waals surface area contributed by atoms with Crippen LogP contribution in [-0.2, 0) is 11.3 Å². The summed E-state index contributed by atoms with van der Waals surface area (Å²) in [6.07, 6.45) is 0. The number of aliphatic hydroxyl groups excluding tert-OH is 1. The second kappa shape index (κ2) is 7.05. The summed E-state index contributed by atoms with van der Waals surface area (Å²) < 4.78 is 18.4. The van der Waals surface area contributed by atoms with Gasteiger partial charge in [0.1, 0.15) is 5.82 Å². The third-order valence-corrected chi connectivity index (χ3v) is 2.50. The summed E-state index contributed by atoms with van der Waals surface area (Å²) in [5, 5.41) is 12.0. The van der Waals surface area contributed by atoms with E-state index in [1.807, 2.05) is 0 Å². The summed E-state index contributed by atoms with van der Waals surface area (Å²) in [7, 11) is 1.51. The fraction of sp³-hybridized carbons (Fsp3) is 0.417. The molecule has 0 radical (unpaired) electrons. The maximum absolute atomic E-state index is 13.5. The molecule has 0 aliphatic heterocycles. The predicted molar refractivity (Wildman–Crippen MR) is 64.5 cm³/mol. The summed E-state index contributed by atoms with van der Waals surface area (Å²) in [6.45, 7) is 0.375. The zero-order chi connectivity index (χ0) is 13.5. The number of nitrogens with two attached hydrogens (primary N) is 1. The van der Waals surface area contributed by atoms with Crippen molar-refractivity contribution in [2.24, 2.45) is 5.73 Å². The van der Waals surface area contributed by atoms with E-state index in [2.05, 4.69) is 5.32 Å². The smallest absolute Gasteiger partial charge is 0.248 e. The van der Waals surface area contributed by atoms with Crippen LogP contribution in [0.1, 0.15) is 15.9 Å². The molecule has 0 bridgehead atoms. The van der Waals surface area contributed by atoms with Gasteiger partial charge < -0.3 is 20.9 Å². The first-order chi connectivity index (χ1) is 8.58. The second-order valence-electron chi connectivity index (χ2n) is 3.89. The minimum atomic E-state index is -0.605. The van der Waals surface area contributed by atoms with E-state index >= 15 is 0 Å².